The second-order valence-corrected chi connectivity index (χ2v) is 7.65. The van der Waals surface area contributed by atoms with Crippen molar-refractivity contribution in [3.05, 3.63) is 70.8 Å². The Morgan fingerprint density at radius 2 is 1.93 bits per heavy atom. The van der Waals surface area contributed by atoms with Crippen molar-refractivity contribution in [1.29, 1.82) is 0 Å². The molecule has 0 spiro atoms. The minimum atomic E-state index is -0.190. The molecule has 29 heavy (non-hydrogen) atoms. The van der Waals surface area contributed by atoms with E-state index in [0.29, 0.717) is 30.9 Å². The monoisotopic (exact) mass is 387 g/mol. The van der Waals surface area contributed by atoms with Crippen molar-refractivity contribution >= 4 is 28.5 Å². The molecule has 1 fully saturated rings. The number of nitrogens with one attached hydrogen (secondary N) is 1. The van der Waals surface area contributed by atoms with Gasteiger partial charge in [0.05, 0.1) is 11.1 Å². The van der Waals surface area contributed by atoms with Gasteiger partial charge in [-0.05, 0) is 55.5 Å². The van der Waals surface area contributed by atoms with E-state index in [-0.39, 0.29) is 11.8 Å². The average molecular weight is 387 g/mol. The van der Waals surface area contributed by atoms with Crippen LogP contribution >= 0.6 is 0 Å². The Hall–Kier alpha value is -3.21. The first-order valence-corrected chi connectivity index (χ1v) is 10.1. The second-order valence-electron chi connectivity index (χ2n) is 7.65. The number of aryl methyl sites for hydroxylation is 2. The standard InChI is InChI=1S/C24H25N3O2/c1-16-13-17(2)19-15-20(24(29)25-11-10-18-7-4-3-5-8-18)23(26-21(19)14-16)27-12-6-9-22(27)28/h3-5,7-8,13-15H,6,9-12H2,1-2H3,(H,25,29). The summed E-state index contributed by atoms with van der Waals surface area (Å²) in [5, 5.41) is 3.95. The molecule has 148 valence electrons. The maximum atomic E-state index is 13.1. The maximum absolute atomic E-state index is 13.1. The van der Waals surface area contributed by atoms with Gasteiger partial charge in [0.25, 0.3) is 5.91 Å². The molecule has 0 bridgehead atoms. The summed E-state index contributed by atoms with van der Waals surface area (Å²) in [6, 6.07) is 16.0. The molecule has 5 nitrogen and oxygen atoms in total. The molecular weight excluding hydrogens is 362 g/mol. The molecule has 1 saturated heterocycles. The fourth-order valence-corrected chi connectivity index (χ4v) is 3.93. The van der Waals surface area contributed by atoms with E-state index >= 15 is 0 Å². The molecular formula is C24H25N3O2. The van der Waals surface area contributed by atoms with E-state index in [2.05, 4.69) is 11.4 Å². The molecule has 1 aliphatic heterocycles. The number of rotatable bonds is 5. The van der Waals surface area contributed by atoms with Gasteiger partial charge in [-0.1, -0.05) is 36.4 Å². The topological polar surface area (TPSA) is 62.3 Å². The number of benzene rings is 2. The zero-order valence-corrected chi connectivity index (χ0v) is 16.9. The lowest BCUT2D eigenvalue weighted by molar-refractivity contribution is -0.117. The third-order valence-electron chi connectivity index (χ3n) is 5.38. The number of pyridine rings is 1. The van der Waals surface area contributed by atoms with Gasteiger partial charge in [0.15, 0.2) is 0 Å². The molecule has 0 aliphatic carbocycles. The molecule has 5 heteroatoms. The van der Waals surface area contributed by atoms with Crippen molar-refractivity contribution in [3.8, 4) is 0 Å². The van der Waals surface area contributed by atoms with Crippen molar-refractivity contribution in [1.82, 2.24) is 10.3 Å². The second kappa shape index (κ2) is 8.03. The highest BCUT2D eigenvalue weighted by Crippen LogP contribution is 2.29. The normalized spacial score (nSPS) is 13.9. The molecule has 2 amide bonds. The van der Waals surface area contributed by atoms with Crippen LogP contribution in [0.15, 0.2) is 48.5 Å². The minimum absolute atomic E-state index is 0.0274. The zero-order valence-electron chi connectivity index (χ0n) is 16.9. The smallest absolute Gasteiger partial charge is 0.255 e. The van der Waals surface area contributed by atoms with Crippen LogP contribution < -0.4 is 10.2 Å². The van der Waals surface area contributed by atoms with Crippen LogP contribution in [0.2, 0.25) is 0 Å². The molecule has 0 radical (unpaired) electrons. The lowest BCUT2D eigenvalue weighted by atomic mass is 10.0. The van der Waals surface area contributed by atoms with Gasteiger partial charge in [-0.3, -0.25) is 14.5 Å². The third kappa shape index (κ3) is 3.99. The van der Waals surface area contributed by atoms with Crippen LogP contribution in [0, 0.1) is 13.8 Å². The highest BCUT2D eigenvalue weighted by Gasteiger charge is 2.28. The number of amides is 2. The van der Waals surface area contributed by atoms with Crippen LogP contribution in [0.5, 0.6) is 0 Å². The van der Waals surface area contributed by atoms with Gasteiger partial charge in [0, 0.05) is 24.9 Å². The van der Waals surface area contributed by atoms with E-state index in [0.717, 1.165) is 34.9 Å². The lowest BCUT2D eigenvalue weighted by Crippen LogP contribution is -2.31. The number of aromatic nitrogens is 1. The van der Waals surface area contributed by atoms with Gasteiger partial charge in [0.1, 0.15) is 5.82 Å². The van der Waals surface area contributed by atoms with Gasteiger partial charge >= 0.3 is 0 Å². The number of fused-ring (bicyclic) bond motifs is 1. The number of hydrogen-bond acceptors (Lipinski definition) is 3. The SMILES string of the molecule is Cc1cc(C)c2cc(C(=O)NCCc3ccccc3)c(N3CCCC3=O)nc2c1. The van der Waals surface area contributed by atoms with Gasteiger partial charge in [0.2, 0.25) is 5.91 Å². The van der Waals surface area contributed by atoms with E-state index in [1.54, 1.807) is 4.90 Å². The molecule has 0 saturated carbocycles. The number of carbonyl (C=O) groups excluding carboxylic acids is 2. The minimum Gasteiger partial charge on any atom is -0.352 e. The molecule has 2 aromatic carbocycles. The molecule has 0 unspecified atom stereocenters. The van der Waals surface area contributed by atoms with Crippen molar-refractivity contribution in [3.63, 3.8) is 0 Å². The summed E-state index contributed by atoms with van der Waals surface area (Å²) >= 11 is 0. The third-order valence-corrected chi connectivity index (χ3v) is 5.38. The number of anilines is 1. The van der Waals surface area contributed by atoms with Crippen LogP contribution in [0.25, 0.3) is 10.9 Å². The first-order valence-electron chi connectivity index (χ1n) is 10.1. The summed E-state index contributed by atoms with van der Waals surface area (Å²) in [6.07, 6.45) is 2.05. The van der Waals surface area contributed by atoms with Crippen LogP contribution in [-0.2, 0) is 11.2 Å². The summed E-state index contributed by atoms with van der Waals surface area (Å²) in [5.74, 6) is 0.312. The zero-order chi connectivity index (χ0) is 20.4. The van der Waals surface area contributed by atoms with E-state index in [1.165, 1.54) is 5.56 Å². The highest BCUT2D eigenvalue weighted by molar-refractivity contribution is 6.07. The first-order chi connectivity index (χ1) is 14.0. The van der Waals surface area contributed by atoms with Crippen LogP contribution in [0.1, 0.15) is 39.9 Å². The Kier molecular flexibility index (Phi) is 5.30. The van der Waals surface area contributed by atoms with Gasteiger partial charge in [-0.15, -0.1) is 0 Å². The molecule has 2 heterocycles. The first kappa shape index (κ1) is 19.1. The Labute approximate surface area is 170 Å². The molecule has 1 N–H and O–H groups in total. The lowest BCUT2D eigenvalue weighted by Gasteiger charge is -2.20. The van der Waals surface area contributed by atoms with E-state index in [9.17, 15) is 9.59 Å². The van der Waals surface area contributed by atoms with Crippen molar-refractivity contribution < 1.29 is 9.59 Å². The van der Waals surface area contributed by atoms with Crippen molar-refractivity contribution in [2.75, 3.05) is 18.0 Å². The van der Waals surface area contributed by atoms with E-state index in [4.69, 9.17) is 4.98 Å². The summed E-state index contributed by atoms with van der Waals surface area (Å²) < 4.78 is 0. The quantitative estimate of drug-likeness (QED) is 0.721. The summed E-state index contributed by atoms with van der Waals surface area (Å²) in [5.41, 5.74) is 4.64. The molecule has 4 rings (SSSR count). The summed E-state index contributed by atoms with van der Waals surface area (Å²) in [6.45, 7) is 5.18. The molecule has 1 aliphatic rings. The van der Waals surface area contributed by atoms with Crippen LogP contribution in [-0.4, -0.2) is 29.9 Å². The summed E-state index contributed by atoms with van der Waals surface area (Å²) in [7, 11) is 0. The number of nitrogens with zero attached hydrogens (tertiary/aromatic N) is 2. The fourth-order valence-electron chi connectivity index (χ4n) is 3.93. The average Bonchev–Trinajstić information content (AvgIpc) is 3.13. The van der Waals surface area contributed by atoms with Crippen LogP contribution in [0.4, 0.5) is 5.82 Å². The maximum Gasteiger partial charge on any atom is 0.255 e. The Bertz CT molecular complexity index is 1080. The van der Waals surface area contributed by atoms with Gasteiger partial charge in [-0.25, -0.2) is 4.98 Å². The Balaban J connectivity index is 1.67. The van der Waals surface area contributed by atoms with Gasteiger partial charge in [-0.2, -0.15) is 0 Å². The van der Waals surface area contributed by atoms with E-state index in [1.807, 2.05) is 56.3 Å². The highest BCUT2D eigenvalue weighted by atomic mass is 16.2. The Morgan fingerprint density at radius 1 is 1.14 bits per heavy atom. The van der Waals surface area contributed by atoms with Crippen molar-refractivity contribution in [2.24, 2.45) is 0 Å². The van der Waals surface area contributed by atoms with Crippen molar-refractivity contribution in [2.45, 2.75) is 33.1 Å². The molecule has 3 aromatic rings. The Morgan fingerprint density at radius 3 is 2.66 bits per heavy atom. The number of carbonyl (C=O) groups is 2. The fraction of sp³-hybridized carbons (Fsp3) is 0.292. The van der Waals surface area contributed by atoms with E-state index < -0.39 is 0 Å². The number of hydrogen-bond donors (Lipinski definition) is 1. The van der Waals surface area contributed by atoms with Crippen LogP contribution in [0.3, 0.4) is 0 Å². The largest absolute Gasteiger partial charge is 0.352 e. The molecule has 1 aromatic heterocycles. The predicted molar refractivity (Wildman–Crippen MR) is 115 cm³/mol. The van der Waals surface area contributed by atoms with Gasteiger partial charge < -0.3 is 5.32 Å². The molecule has 0 atom stereocenters. The summed E-state index contributed by atoms with van der Waals surface area (Å²) in [4.78, 5) is 31.8. The predicted octanol–water partition coefficient (Wildman–Crippen LogP) is 3.95.